The van der Waals surface area contributed by atoms with Gasteiger partial charge in [-0.1, -0.05) is 32.0 Å². The average Bonchev–Trinajstić information content (AvgIpc) is 3.17. The standard InChI is InChI=1S/C28H35N3O5/c1-18(2)17-36-23-11-10-20(16-24(23)35-5)19(3)29-25(32)13-15-30-27(34)21-8-6-7-9-22(21)31-26(33)12-14-28(30,31)4/h6-11,16,18-19H,12-15,17H2,1-5H3,(H,29,32). The first-order valence-corrected chi connectivity index (χ1v) is 12.5. The van der Waals surface area contributed by atoms with Gasteiger partial charge in [0.05, 0.1) is 31.0 Å². The lowest BCUT2D eigenvalue weighted by Gasteiger charge is -2.48. The lowest BCUT2D eigenvalue weighted by Crippen LogP contribution is -2.62. The molecule has 2 unspecified atom stereocenters. The van der Waals surface area contributed by atoms with E-state index in [2.05, 4.69) is 19.2 Å². The van der Waals surface area contributed by atoms with Crippen LogP contribution in [0.15, 0.2) is 42.5 Å². The summed E-state index contributed by atoms with van der Waals surface area (Å²) in [5.41, 5.74) is 1.26. The first-order valence-electron chi connectivity index (χ1n) is 12.5. The second-order valence-corrected chi connectivity index (χ2v) is 10.1. The van der Waals surface area contributed by atoms with Crippen LogP contribution in [0.1, 0.15) is 68.9 Å². The predicted octanol–water partition coefficient (Wildman–Crippen LogP) is 4.30. The number of rotatable bonds is 9. The molecule has 2 aliphatic heterocycles. The number of para-hydroxylation sites is 1. The van der Waals surface area contributed by atoms with E-state index in [-0.39, 0.29) is 36.7 Å². The summed E-state index contributed by atoms with van der Waals surface area (Å²) in [6.45, 7) is 8.78. The quantitative estimate of drug-likeness (QED) is 0.563. The van der Waals surface area contributed by atoms with Crippen molar-refractivity contribution < 1.29 is 23.9 Å². The Kier molecular flexibility index (Phi) is 7.24. The van der Waals surface area contributed by atoms with Gasteiger partial charge in [0.15, 0.2) is 11.5 Å². The zero-order chi connectivity index (χ0) is 26.0. The van der Waals surface area contributed by atoms with Gasteiger partial charge in [0.2, 0.25) is 11.8 Å². The van der Waals surface area contributed by atoms with Gasteiger partial charge < -0.3 is 19.7 Å². The zero-order valence-corrected chi connectivity index (χ0v) is 21.7. The third-order valence-electron chi connectivity index (χ3n) is 6.95. The third-order valence-corrected chi connectivity index (χ3v) is 6.95. The van der Waals surface area contributed by atoms with E-state index in [1.165, 1.54) is 0 Å². The summed E-state index contributed by atoms with van der Waals surface area (Å²) in [5, 5.41) is 3.02. The highest BCUT2D eigenvalue weighted by Gasteiger charge is 2.52. The highest BCUT2D eigenvalue weighted by molar-refractivity contribution is 6.10. The number of nitrogens with zero attached hydrogens (tertiary/aromatic N) is 2. The van der Waals surface area contributed by atoms with Crippen molar-refractivity contribution in [1.29, 1.82) is 0 Å². The number of anilines is 1. The number of ether oxygens (including phenoxy) is 2. The van der Waals surface area contributed by atoms with E-state index >= 15 is 0 Å². The van der Waals surface area contributed by atoms with Crippen molar-refractivity contribution in [3.05, 3.63) is 53.6 Å². The molecule has 2 aromatic carbocycles. The largest absolute Gasteiger partial charge is 0.493 e. The van der Waals surface area contributed by atoms with Gasteiger partial charge in [0.25, 0.3) is 5.91 Å². The normalized spacial score (nSPS) is 19.7. The van der Waals surface area contributed by atoms with E-state index < -0.39 is 5.66 Å². The molecule has 1 N–H and O–H groups in total. The van der Waals surface area contributed by atoms with Crippen LogP contribution in [0.5, 0.6) is 11.5 Å². The number of carbonyl (C=O) groups excluding carboxylic acids is 3. The molecule has 4 rings (SSSR count). The fourth-order valence-electron chi connectivity index (χ4n) is 4.98. The number of methoxy groups -OCH3 is 1. The minimum absolute atomic E-state index is 0.00436. The Hall–Kier alpha value is -3.55. The molecular weight excluding hydrogens is 458 g/mol. The highest BCUT2D eigenvalue weighted by atomic mass is 16.5. The smallest absolute Gasteiger partial charge is 0.257 e. The maximum atomic E-state index is 13.4. The summed E-state index contributed by atoms with van der Waals surface area (Å²) in [5.74, 6) is 1.35. The summed E-state index contributed by atoms with van der Waals surface area (Å²) in [6.07, 6.45) is 1.04. The number of amides is 3. The SMILES string of the molecule is COc1cc(C(C)NC(=O)CCN2C(=O)c3ccccc3N3C(=O)CCC23C)ccc1OCC(C)C. The molecule has 0 aliphatic carbocycles. The molecule has 192 valence electrons. The molecule has 2 atom stereocenters. The van der Waals surface area contributed by atoms with Crippen LogP contribution in [0.4, 0.5) is 5.69 Å². The molecule has 0 radical (unpaired) electrons. The molecule has 2 aliphatic rings. The molecule has 0 aromatic heterocycles. The maximum Gasteiger partial charge on any atom is 0.257 e. The van der Waals surface area contributed by atoms with Crippen molar-refractivity contribution in [1.82, 2.24) is 10.2 Å². The molecule has 36 heavy (non-hydrogen) atoms. The summed E-state index contributed by atoms with van der Waals surface area (Å²) in [7, 11) is 1.59. The maximum absolute atomic E-state index is 13.4. The molecule has 0 saturated carbocycles. The van der Waals surface area contributed by atoms with Gasteiger partial charge in [-0.15, -0.1) is 0 Å². The number of hydrogen-bond donors (Lipinski definition) is 1. The van der Waals surface area contributed by atoms with Crippen LogP contribution < -0.4 is 19.7 Å². The summed E-state index contributed by atoms with van der Waals surface area (Å²) < 4.78 is 11.3. The number of nitrogens with one attached hydrogen (secondary N) is 1. The predicted molar refractivity (Wildman–Crippen MR) is 137 cm³/mol. The summed E-state index contributed by atoms with van der Waals surface area (Å²) >= 11 is 0. The van der Waals surface area contributed by atoms with Crippen molar-refractivity contribution in [2.75, 3.05) is 25.2 Å². The van der Waals surface area contributed by atoms with Crippen LogP contribution in [-0.2, 0) is 9.59 Å². The number of hydrogen-bond acceptors (Lipinski definition) is 5. The Bertz CT molecular complexity index is 1160. The molecule has 3 amide bonds. The fourth-order valence-corrected chi connectivity index (χ4v) is 4.98. The van der Waals surface area contributed by atoms with Crippen LogP contribution in [0, 0.1) is 5.92 Å². The Morgan fingerprint density at radius 2 is 1.86 bits per heavy atom. The Morgan fingerprint density at radius 3 is 2.58 bits per heavy atom. The van der Waals surface area contributed by atoms with Gasteiger partial charge in [0.1, 0.15) is 5.66 Å². The molecule has 1 fully saturated rings. The number of fused-ring (bicyclic) bond motifs is 3. The van der Waals surface area contributed by atoms with E-state index in [1.807, 2.05) is 44.2 Å². The molecule has 8 heteroatoms. The monoisotopic (exact) mass is 493 g/mol. The van der Waals surface area contributed by atoms with Crippen LogP contribution >= 0.6 is 0 Å². The third kappa shape index (κ3) is 4.76. The fraction of sp³-hybridized carbons (Fsp3) is 0.464. The van der Waals surface area contributed by atoms with Crippen molar-refractivity contribution in [3.63, 3.8) is 0 Å². The lowest BCUT2D eigenvalue weighted by atomic mass is 9.98. The van der Waals surface area contributed by atoms with Crippen LogP contribution in [0.2, 0.25) is 0 Å². The summed E-state index contributed by atoms with van der Waals surface area (Å²) in [6, 6.07) is 12.6. The van der Waals surface area contributed by atoms with Gasteiger partial charge in [-0.2, -0.15) is 0 Å². The molecule has 2 aromatic rings. The first kappa shape index (κ1) is 25.5. The van der Waals surface area contributed by atoms with E-state index in [9.17, 15) is 14.4 Å². The Morgan fingerprint density at radius 1 is 1.11 bits per heavy atom. The van der Waals surface area contributed by atoms with E-state index in [0.29, 0.717) is 48.1 Å². The van der Waals surface area contributed by atoms with Crippen molar-refractivity contribution in [3.8, 4) is 11.5 Å². The van der Waals surface area contributed by atoms with Gasteiger partial charge in [0, 0.05) is 19.4 Å². The van der Waals surface area contributed by atoms with Crippen LogP contribution in [0.25, 0.3) is 0 Å². The van der Waals surface area contributed by atoms with Crippen LogP contribution in [-0.4, -0.2) is 48.5 Å². The first-order chi connectivity index (χ1) is 17.2. The molecule has 0 spiro atoms. The van der Waals surface area contributed by atoms with Gasteiger partial charge in [-0.05, 0) is 56.0 Å². The minimum atomic E-state index is -0.770. The van der Waals surface area contributed by atoms with Gasteiger partial charge >= 0.3 is 0 Å². The van der Waals surface area contributed by atoms with Crippen molar-refractivity contribution in [2.24, 2.45) is 5.92 Å². The van der Waals surface area contributed by atoms with E-state index in [4.69, 9.17) is 9.47 Å². The van der Waals surface area contributed by atoms with E-state index in [0.717, 1.165) is 5.56 Å². The molecule has 8 nitrogen and oxygen atoms in total. The molecular formula is C28H35N3O5. The minimum Gasteiger partial charge on any atom is -0.493 e. The average molecular weight is 494 g/mol. The van der Waals surface area contributed by atoms with Gasteiger partial charge in [-0.3, -0.25) is 19.3 Å². The number of carbonyl (C=O) groups is 3. The van der Waals surface area contributed by atoms with Crippen molar-refractivity contribution in [2.45, 2.75) is 58.7 Å². The molecule has 1 saturated heterocycles. The van der Waals surface area contributed by atoms with Crippen LogP contribution in [0.3, 0.4) is 0 Å². The zero-order valence-electron chi connectivity index (χ0n) is 21.7. The molecule has 0 bridgehead atoms. The second kappa shape index (κ2) is 10.2. The second-order valence-electron chi connectivity index (χ2n) is 10.1. The Labute approximate surface area is 212 Å². The lowest BCUT2D eigenvalue weighted by molar-refractivity contribution is -0.122. The van der Waals surface area contributed by atoms with Gasteiger partial charge in [-0.25, -0.2) is 0 Å². The highest BCUT2D eigenvalue weighted by Crippen LogP contribution is 2.44. The van der Waals surface area contributed by atoms with Crippen molar-refractivity contribution >= 4 is 23.4 Å². The topological polar surface area (TPSA) is 88.2 Å². The summed E-state index contributed by atoms with van der Waals surface area (Å²) in [4.78, 5) is 42.4. The number of benzene rings is 2. The molecule has 2 heterocycles. The van der Waals surface area contributed by atoms with E-state index in [1.54, 1.807) is 29.0 Å². The Balaban J connectivity index is 1.43.